The maximum atomic E-state index is 14.2. The van der Waals surface area contributed by atoms with Crippen molar-refractivity contribution in [3.8, 4) is 11.1 Å². The summed E-state index contributed by atoms with van der Waals surface area (Å²) in [5.41, 5.74) is 8.84. The highest BCUT2D eigenvalue weighted by molar-refractivity contribution is 5.66. The Kier molecular flexibility index (Phi) is 4.50. The maximum Gasteiger partial charge on any atom is 0.131 e. The smallest absolute Gasteiger partial charge is 0.131 e. The zero-order valence-corrected chi connectivity index (χ0v) is 12.6. The number of aliphatic hydroxyl groups is 1. The van der Waals surface area contributed by atoms with Crippen molar-refractivity contribution in [1.82, 2.24) is 9.78 Å². The largest absolute Gasteiger partial charge is 0.394 e. The van der Waals surface area contributed by atoms with Crippen molar-refractivity contribution in [3.63, 3.8) is 0 Å². The molecule has 3 N–H and O–H groups in total. The molecule has 0 bridgehead atoms. The lowest BCUT2D eigenvalue weighted by Gasteiger charge is -2.12. The molecular formula is C18H18FN3O. The first-order valence-electron chi connectivity index (χ1n) is 7.40. The molecule has 0 fully saturated rings. The van der Waals surface area contributed by atoms with Crippen LogP contribution in [0.1, 0.15) is 17.2 Å². The van der Waals surface area contributed by atoms with Crippen molar-refractivity contribution >= 4 is 0 Å². The van der Waals surface area contributed by atoms with Crippen LogP contribution in [0.4, 0.5) is 4.39 Å². The summed E-state index contributed by atoms with van der Waals surface area (Å²) in [4.78, 5) is 0. The Bertz CT molecular complexity index is 787. The highest BCUT2D eigenvalue weighted by Crippen LogP contribution is 2.26. The molecule has 3 rings (SSSR count). The summed E-state index contributed by atoms with van der Waals surface area (Å²) in [7, 11) is 0. The van der Waals surface area contributed by atoms with E-state index in [1.807, 2.05) is 42.6 Å². The number of rotatable bonds is 5. The first kappa shape index (κ1) is 15.4. The SMILES string of the molecule is NC(CO)c1cccc(-c2cc(Cn3cccn3)ccc2F)c1. The third-order valence-corrected chi connectivity index (χ3v) is 3.76. The standard InChI is InChI=1S/C18H18FN3O/c19-17-6-5-13(11-22-8-2-7-21-22)9-16(17)14-3-1-4-15(10-14)18(20)12-23/h1-10,18,23H,11-12,20H2. The van der Waals surface area contributed by atoms with Gasteiger partial charge < -0.3 is 10.8 Å². The minimum absolute atomic E-state index is 0.148. The minimum atomic E-state index is -0.467. The van der Waals surface area contributed by atoms with E-state index in [2.05, 4.69) is 5.10 Å². The van der Waals surface area contributed by atoms with Gasteiger partial charge in [0, 0.05) is 18.0 Å². The number of aromatic nitrogens is 2. The molecule has 1 aromatic heterocycles. The van der Waals surface area contributed by atoms with Crippen LogP contribution in [-0.2, 0) is 6.54 Å². The molecule has 0 aliphatic heterocycles. The average molecular weight is 311 g/mol. The highest BCUT2D eigenvalue weighted by atomic mass is 19.1. The van der Waals surface area contributed by atoms with Gasteiger partial charge in [0.15, 0.2) is 0 Å². The Labute approximate surface area is 134 Å². The molecule has 0 radical (unpaired) electrons. The van der Waals surface area contributed by atoms with Crippen LogP contribution in [0.2, 0.25) is 0 Å². The van der Waals surface area contributed by atoms with E-state index < -0.39 is 6.04 Å². The second-order valence-electron chi connectivity index (χ2n) is 5.43. The van der Waals surface area contributed by atoms with Gasteiger partial charge in [-0.15, -0.1) is 0 Å². The summed E-state index contributed by atoms with van der Waals surface area (Å²) >= 11 is 0. The molecule has 0 saturated carbocycles. The van der Waals surface area contributed by atoms with Crippen molar-refractivity contribution < 1.29 is 9.50 Å². The molecule has 1 atom stereocenters. The van der Waals surface area contributed by atoms with Crippen LogP contribution in [0.15, 0.2) is 60.9 Å². The zero-order chi connectivity index (χ0) is 16.2. The molecule has 0 saturated heterocycles. The van der Waals surface area contributed by atoms with Crippen LogP contribution in [0.5, 0.6) is 0 Å². The monoisotopic (exact) mass is 311 g/mol. The molecule has 1 unspecified atom stereocenters. The first-order valence-corrected chi connectivity index (χ1v) is 7.40. The minimum Gasteiger partial charge on any atom is -0.394 e. The average Bonchev–Trinajstić information content (AvgIpc) is 3.09. The van der Waals surface area contributed by atoms with E-state index >= 15 is 0 Å². The van der Waals surface area contributed by atoms with Crippen molar-refractivity contribution in [3.05, 3.63) is 77.9 Å². The van der Waals surface area contributed by atoms with Crippen LogP contribution in [0, 0.1) is 5.82 Å². The predicted octanol–water partition coefficient (Wildman–Crippen LogP) is 2.73. The fourth-order valence-electron chi connectivity index (χ4n) is 2.52. The van der Waals surface area contributed by atoms with E-state index in [-0.39, 0.29) is 12.4 Å². The normalized spacial score (nSPS) is 12.3. The van der Waals surface area contributed by atoms with Crippen LogP contribution < -0.4 is 5.73 Å². The molecule has 4 nitrogen and oxygen atoms in total. The molecule has 23 heavy (non-hydrogen) atoms. The van der Waals surface area contributed by atoms with Gasteiger partial charge in [0.05, 0.1) is 19.2 Å². The van der Waals surface area contributed by atoms with E-state index in [0.29, 0.717) is 12.1 Å². The molecule has 2 aromatic carbocycles. The lowest BCUT2D eigenvalue weighted by molar-refractivity contribution is 0.268. The Hall–Kier alpha value is -2.50. The molecule has 0 aliphatic rings. The molecule has 1 heterocycles. The van der Waals surface area contributed by atoms with Gasteiger partial charge in [-0.1, -0.05) is 24.3 Å². The van der Waals surface area contributed by atoms with E-state index in [4.69, 9.17) is 5.73 Å². The second-order valence-corrected chi connectivity index (χ2v) is 5.43. The van der Waals surface area contributed by atoms with Gasteiger partial charge >= 0.3 is 0 Å². The lowest BCUT2D eigenvalue weighted by atomic mass is 9.98. The number of halogens is 1. The fraction of sp³-hybridized carbons (Fsp3) is 0.167. The predicted molar refractivity (Wildman–Crippen MR) is 87.2 cm³/mol. The molecule has 0 spiro atoms. The quantitative estimate of drug-likeness (QED) is 0.761. The van der Waals surface area contributed by atoms with Gasteiger partial charge in [-0.3, -0.25) is 4.68 Å². The zero-order valence-electron chi connectivity index (χ0n) is 12.6. The van der Waals surface area contributed by atoms with Gasteiger partial charge in [0.2, 0.25) is 0 Å². The lowest BCUT2D eigenvalue weighted by Crippen LogP contribution is -2.14. The number of hydrogen-bond donors (Lipinski definition) is 2. The summed E-state index contributed by atoms with van der Waals surface area (Å²) in [6, 6.07) is 13.7. The summed E-state index contributed by atoms with van der Waals surface area (Å²) in [6.07, 6.45) is 3.58. The number of benzene rings is 2. The van der Waals surface area contributed by atoms with Crippen molar-refractivity contribution in [2.24, 2.45) is 5.73 Å². The second kappa shape index (κ2) is 6.73. The van der Waals surface area contributed by atoms with Gasteiger partial charge in [-0.25, -0.2) is 4.39 Å². The molecule has 0 aliphatic carbocycles. The van der Waals surface area contributed by atoms with Crippen LogP contribution in [0.25, 0.3) is 11.1 Å². The Morgan fingerprint density at radius 3 is 2.78 bits per heavy atom. The van der Waals surface area contributed by atoms with Gasteiger partial charge in [0.1, 0.15) is 5.82 Å². The Morgan fingerprint density at radius 2 is 2.04 bits per heavy atom. The summed E-state index contributed by atoms with van der Waals surface area (Å²) in [5.74, 6) is -0.288. The number of hydrogen-bond acceptors (Lipinski definition) is 3. The van der Waals surface area contributed by atoms with E-state index in [1.54, 1.807) is 16.9 Å². The maximum absolute atomic E-state index is 14.2. The van der Waals surface area contributed by atoms with Gasteiger partial charge in [0.25, 0.3) is 0 Å². The molecule has 3 aromatic rings. The van der Waals surface area contributed by atoms with Gasteiger partial charge in [-0.2, -0.15) is 5.10 Å². The van der Waals surface area contributed by atoms with Gasteiger partial charge in [-0.05, 0) is 41.0 Å². The summed E-state index contributed by atoms with van der Waals surface area (Å²) in [6.45, 7) is 0.432. The third kappa shape index (κ3) is 3.47. The number of aliphatic hydroxyl groups excluding tert-OH is 1. The summed E-state index contributed by atoms with van der Waals surface area (Å²) in [5, 5.41) is 13.3. The Morgan fingerprint density at radius 1 is 1.17 bits per heavy atom. The Balaban J connectivity index is 1.95. The molecular weight excluding hydrogens is 293 g/mol. The molecule has 5 heteroatoms. The number of nitrogens with zero attached hydrogens (tertiary/aromatic N) is 2. The van der Waals surface area contributed by atoms with E-state index in [0.717, 1.165) is 16.7 Å². The number of nitrogens with two attached hydrogens (primary N) is 1. The van der Waals surface area contributed by atoms with Crippen molar-refractivity contribution in [1.29, 1.82) is 0 Å². The first-order chi connectivity index (χ1) is 11.2. The van der Waals surface area contributed by atoms with Crippen LogP contribution in [0.3, 0.4) is 0 Å². The van der Waals surface area contributed by atoms with Crippen molar-refractivity contribution in [2.45, 2.75) is 12.6 Å². The van der Waals surface area contributed by atoms with E-state index in [9.17, 15) is 9.50 Å². The molecule has 118 valence electrons. The van der Waals surface area contributed by atoms with Crippen LogP contribution in [-0.4, -0.2) is 21.5 Å². The fourth-order valence-corrected chi connectivity index (χ4v) is 2.52. The third-order valence-electron chi connectivity index (χ3n) is 3.76. The summed E-state index contributed by atoms with van der Waals surface area (Å²) < 4.78 is 16.0. The topological polar surface area (TPSA) is 64.1 Å². The van der Waals surface area contributed by atoms with E-state index in [1.165, 1.54) is 6.07 Å². The molecule has 0 amide bonds. The van der Waals surface area contributed by atoms with Crippen molar-refractivity contribution in [2.75, 3.05) is 6.61 Å². The van der Waals surface area contributed by atoms with Crippen LogP contribution >= 0.6 is 0 Å². The highest BCUT2D eigenvalue weighted by Gasteiger charge is 2.10.